The molecular formula is C22H29NO3. The van der Waals surface area contributed by atoms with E-state index < -0.39 is 17.8 Å². The summed E-state index contributed by atoms with van der Waals surface area (Å²) in [6, 6.07) is 17.6. The normalized spacial score (nSPS) is 12.5. The molecule has 0 aliphatic rings. The van der Waals surface area contributed by atoms with Gasteiger partial charge in [0.2, 0.25) is 0 Å². The summed E-state index contributed by atoms with van der Waals surface area (Å²) in [6.45, 7) is 8.17. The Kier molecular flexibility index (Phi) is 6.81. The van der Waals surface area contributed by atoms with Crippen molar-refractivity contribution in [3.8, 4) is 0 Å². The average Bonchev–Trinajstić information content (AvgIpc) is 2.60. The SMILES string of the molecule is CCc1ccc(C(O)CN(Cc2ccccc2)C(=O)OC(C)(C)C)cc1. The monoisotopic (exact) mass is 355 g/mol. The van der Waals surface area contributed by atoms with Crippen LogP contribution in [0.25, 0.3) is 0 Å². The van der Waals surface area contributed by atoms with E-state index in [0.29, 0.717) is 6.54 Å². The maximum atomic E-state index is 12.6. The summed E-state index contributed by atoms with van der Waals surface area (Å²) in [6.07, 6.45) is -0.239. The van der Waals surface area contributed by atoms with Gasteiger partial charge in [-0.05, 0) is 43.9 Å². The van der Waals surface area contributed by atoms with Crippen LogP contribution in [-0.2, 0) is 17.7 Å². The van der Waals surface area contributed by atoms with E-state index in [1.54, 1.807) is 4.90 Å². The number of hydrogen-bond donors (Lipinski definition) is 1. The fraction of sp³-hybridized carbons (Fsp3) is 0.409. The molecule has 0 fully saturated rings. The number of aryl methyl sites for hydroxylation is 1. The second-order valence-corrected chi connectivity index (χ2v) is 7.46. The van der Waals surface area contributed by atoms with Crippen LogP contribution < -0.4 is 0 Å². The van der Waals surface area contributed by atoms with Crippen LogP contribution in [0.2, 0.25) is 0 Å². The molecule has 0 bridgehead atoms. The average molecular weight is 355 g/mol. The summed E-state index contributed by atoms with van der Waals surface area (Å²) in [5.41, 5.74) is 2.42. The summed E-state index contributed by atoms with van der Waals surface area (Å²) in [5, 5.41) is 10.6. The van der Waals surface area contributed by atoms with Crippen LogP contribution in [-0.4, -0.2) is 28.2 Å². The summed E-state index contributed by atoms with van der Waals surface area (Å²) in [5.74, 6) is 0. The van der Waals surface area contributed by atoms with Crippen molar-refractivity contribution in [2.45, 2.75) is 52.4 Å². The summed E-state index contributed by atoms with van der Waals surface area (Å²) < 4.78 is 5.52. The van der Waals surface area contributed by atoms with Gasteiger partial charge in [-0.15, -0.1) is 0 Å². The van der Waals surface area contributed by atoms with Crippen LogP contribution in [0.3, 0.4) is 0 Å². The number of benzene rings is 2. The number of rotatable bonds is 6. The molecule has 0 aromatic heterocycles. The van der Waals surface area contributed by atoms with Crippen LogP contribution in [0.15, 0.2) is 54.6 Å². The van der Waals surface area contributed by atoms with E-state index >= 15 is 0 Å². The summed E-state index contributed by atoms with van der Waals surface area (Å²) >= 11 is 0. The third-order valence-electron chi connectivity index (χ3n) is 4.03. The Balaban J connectivity index is 2.14. The molecule has 0 saturated heterocycles. The molecule has 0 saturated carbocycles. The van der Waals surface area contributed by atoms with E-state index in [9.17, 15) is 9.90 Å². The highest BCUT2D eigenvalue weighted by atomic mass is 16.6. The van der Waals surface area contributed by atoms with Gasteiger partial charge in [-0.25, -0.2) is 4.79 Å². The van der Waals surface area contributed by atoms with Crippen molar-refractivity contribution in [2.75, 3.05) is 6.54 Å². The molecule has 0 spiro atoms. The molecule has 0 radical (unpaired) electrons. The number of hydrogen-bond acceptors (Lipinski definition) is 3. The van der Waals surface area contributed by atoms with Gasteiger partial charge in [-0.2, -0.15) is 0 Å². The highest BCUT2D eigenvalue weighted by molar-refractivity contribution is 5.68. The molecule has 1 unspecified atom stereocenters. The maximum absolute atomic E-state index is 12.6. The first-order valence-corrected chi connectivity index (χ1v) is 9.07. The van der Waals surface area contributed by atoms with E-state index in [-0.39, 0.29) is 6.54 Å². The first-order valence-electron chi connectivity index (χ1n) is 9.07. The van der Waals surface area contributed by atoms with E-state index in [1.807, 2.05) is 75.4 Å². The van der Waals surface area contributed by atoms with E-state index in [0.717, 1.165) is 17.5 Å². The molecule has 4 heteroatoms. The summed E-state index contributed by atoms with van der Waals surface area (Å²) in [7, 11) is 0. The Bertz CT molecular complexity index is 690. The number of carbonyl (C=O) groups is 1. The highest BCUT2D eigenvalue weighted by Gasteiger charge is 2.24. The predicted molar refractivity (Wildman–Crippen MR) is 104 cm³/mol. The first-order chi connectivity index (χ1) is 12.3. The van der Waals surface area contributed by atoms with Gasteiger partial charge in [-0.3, -0.25) is 0 Å². The zero-order valence-electron chi connectivity index (χ0n) is 16.1. The third kappa shape index (κ3) is 6.19. The second kappa shape index (κ2) is 8.86. The summed E-state index contributed by atoms with van der Waals surface area (Å²) in [4.78, 5) is 14.2. The molecule has 2 aromatic rings. The van der Waals surface area contributed by atoms with Crippen LogP contribution in [0, 0.1) is 0 Å². The van der Waals surface area contributed by atoms with Crippen LogP contribution >= 0.6 is 0 Å². The van der Waals surface area contributed by atoms with E-state index in [4.69, 9.17) is 4.74 Å². The lowest BCUT2D eigenvalue weighted by Gasteiger charge is -2.29. The molecule has 2 aromatic carbocycles. The molecule has 1 N–H and O–H groups in total. The number of carbonyl (C=O) groups excluding carboxylic acids is 1. The minimum Gasteiger partial charge on any atom is -0.444 e. The second-order valence-electron chi connectivity index (χ2n) is 7.46. The number of aliphatic hydroxyl groups is 1. The number of aliphatic hydroxyl groups excluding tert-OH is 1. The van der Waals surface area contributed by atoms with Crippen molar-refractivity contribution >= 4 is 6.09 Å². The number of nitrogens with zero attached hydrogens (tertiary/aromatic N) is 1. The minimum atomic E-state index is -0.767. The zero-order chi connectivity index (χ0) is 19.2. The zero-order valence-corrected chi connectivity index (χ0v) is 16.1. The topological polar surface area (TPSA) is 49.8 Å². The van der Waals surface area contributed by atoms with Crippen molar-refractivity contribution in [1.29, 1.82) is 0 Å². The van der Waals surface area contributed by atoms with Crippen LogP contribution in [0.5, 0.6) is 0 Å². The van der Waals surface area contributed by atoms with Crippen molar-refractivity contribution < 1.29 is 14.6 Å². The fourth-order valence-electron chi connectivity index (χ4n) is 2.62. The number of amides is 1. The Morgan fingerprint density at radius 1 is 1.04 bits per heavy atom. The fourth-order valence-corrected chi connectivity index (χ4v) is 2.62. The Labute approximate surface area is 156 Å². The Morgan fingerprint density at radius 3 is 2.19 bits per heavy atom. The number of ether oxygens (including phenoxy) is 1. The lowest BCUT2D eigenvalue weighted by Crippen LogP contribution is -2.38. The Morgan fingerprint density at radius 2 is 1.65 bits per heavy atom. The smallest absolute Gasteiger partial charge is 0.410 e. The molecule has 1 amide bonds. The quantitative estimate of drug-likeness (QED) is 0.816. The maximum Gasteiger partial charge on any atom is 0.410 e. The van der Waals surface area contributed by atoms with Crippen LogP contribution in [0.1, 0.15) is 50.5 Å². The Hall–Kier alpha value is -2.33. The largest absolute Gasteiger partial charge is 0.444 e. The molecular weight excluding hydrogens is 326 g/mol. The molecule has 4 nitrogen and oxygen atoms in total. The minimum absolute atomic E-state index is 0.176. The van der Waals surface area contributed by atoms with Gasteiger partial charge >= 0.3 is 6.09 Å². The lowest BCUT2D eigenvalue weighted by molar-refractivity contribution is 0.0124. The van der Waals surface area contributed by atoms with E-state index in [2.05, 4.69) is 6.92 Å². The predicted octanol–water partition coefficient (Wildman–Crippen LogP) is 4.72. The van der Waals surface area contributed by atoms with Gasteiger partial charge < -0.3 is 14.7 Å². The van der Waals surface area contributed by atoms with Gasteiger partial charge in [0.15, 0.2) is 0 Å². The van der Waals surface area contributed by atoms with Gasteiger partial charge in [0.25, 0.3) is 0 Å². The van der Waals surface area contributed by atoms with Crippen molar-refractivity contribution in [2.24, 2.45) is 0 Å². The molecule has 0 aliphatic carbocycles. The van der Waals surface area contributed by atoms with Crippen molar-refractivity contribution in [3.05, 3.63) is 71.3 Å². The van der Waals surface area contributed by atoms with Crippen molar-refractivity contribution in [3.63, 3.8) is 0 Å². The molecule has 1 atom stereocenters. The highest BCUT2D eigenvalue weighted by Crippen LogP contribution is 2.19. The van der Waals surface area contributed by atoms with Gasteiger partial charge in [-0.1, -0.05) is 61.5 Å². The van der Waals surface area contributed by atoms with Crippen molar-refractivity contribution in [1.82, 2.24) is 4.90 Å². The lowest BCUT2D eigenvalue weighted by atomic mass is 10.1. The third-order valence-corrected chi connectivity index (χ3v) is 4.03. The molecule has 0 heterocycles. The van der Waals surface area contributed by atoms with E-state index in [1.165, 1.54) is 5.56 Å². The first kappa shape index (κ1) is 20.0. The standard InChI is InChI=1S/C22H29NO3/c1-5-17-11-13-19(14-12-17)20(24)16-23(21(25)26-22(2,3)4)15-18-9-7-6-8-10-18/h6-14,20,24H,5,15-16H2,1-4H3. The van der Waals surface area contributed by atoms with Gasteiger partial charge in [0.1, 0.15) is 5.60 Å². The van der Waals surface area contributed by atoms with Crippen LogP contribution in [0.4, 0.5) is 4.79 Å². The molecule has 26 heavy (non-hydrogen) atoms. The van der Waals surface area contributed by atoms with Gasteiger partial charge in [0.05, 0.1) is 12.6 Å². The molecule has 140 valence electrons. The molecule has 0 aliphatic heterocycles. The molecule has 2 rings (SSSR count). The van der Waals surface area contributed by atoms with Gasteiger partial charge in [0, 0.05) is 6.54 Å².